The molecule has 0 aromatic carbocycles. The monoisotopic (exact) mass is 242 g/mol. The summed E-state index contributed by atoms with van der Waals surface area (Å²) in [6, 6.07) is 0. The lowest BCUT2D eigenvalue weighted by atomic mass is 10.5. The van der Waals surface area contributed by atoms with Crippen LogP contribution < -0.4 is 0 Å². The Hall–Kier alpha value is 0.460. The molecule has 0 fully saturated rings. The van der Waals surface area contributed by atoms with E-state index in [0.29, 0.717) is 5.75 Å². The van der Waals surface area contributed by atoms with Gasteiger partial charge in [-0.05, 0) is 27.7 Å². The lowest BCUT2D eigenvalue weighted by Crippen LogP contribution is -2.10. The average Bonchev–Trinajstić information content (AvgIpc) is 1.97. The normalized spacial score (nSPS) is 12.8. The third kappa shape index (κ3) is 6.85. The summed E-state index contributed by atoms with van der Waals surface area (Å²) >= 11 is 3.96. The van der Waals surface area contributed by atoms with Gasteiger partial charge in [-0.25, -0.2) is 4.57 Å². The van der Waals surface area contributed by atoms with Gasteiger partial charge in [0.2, 0.25) is 0 Å². The van der Waals surface area contributed by atoms with Crippen LogP contribution in [-0.2, 0) is 18.1 Å². The van der Waals surface area contributed by atoms with E-state index in [2.05, 4.69) is 12.6 Å². The van der Waals surface area contributed by atoms with Crippen LogP contribution >= 0.6 is 20.5 Å². The maximum Gasteiger partial charge on any atom is 0.475 e. The molecule has 6 heteroatoms. The Morgan fingerprint density at radius 2 is 1.57 bits per heavy atom. The smallest absolute Gasteiger partial charge is 0.286 e. The number of hydrogen-bond acceptors (Lipinski definition) is 5. The highest BCUT2D eigenvalue weighted by Gasteiger charge is 2.29. The molecule has 0 aliphatic heterocycles. The van der Waals surface area contributed by atoms with Crippen LogP contribution in [-0.4, -0.2) is 24.6 Å². The highest BCUT2D eigenvalue weighted by atomic mass is 32.1. The van der Waals surface area contributed by atoms with E-state index < -0.39 is 7.82 Å². The molecular weight excluding hydrogens is 223 g/mol. The molecule has 0 rings (SSSR count). The number of thiol groups is 1. The highest BCUT2D eigenvalue weighted by Crippen LogP contribution is 2.51. The Balaban J connectivity index is 4.26. The second kappa shape index (κ2) is 6.85. The molecule has 0 aromatic heterocycles. The van der Waals surface area contributed by atoms with Crippen molar-refractivity contribution in [2.45, 2.75) is 39.9 Å². The van der Waals surface area contributed by atoms with Crippen molar-refractivity contribution in [1.82, 2.24) is 0 Å². The van der Waals surface area contributed by atoms with E-state index in [-0.39, 0.29) is 18.8 Å². The summed E-state index contributed by atoms with van der Waals surface area (Å²) in [5.41, 5.74) is 0. The predicted molar refractivity (Wildman–Crippen MR) is 59.9 cm³/mol. The van der Waals surface area contributed by atoms with Gasteiger partial charge in [0, 0.05) is 5.75 Å². The van der Waals surface area contributed by atoms with Crippen LogP contribution in [0.2, 0.25) is 0 Å². The zero-order valence-corrected chi connectivity index (χ0v) is 10.9. The lowest BCUT2D eigenvalue weighted by molar-refractivity contribution is 0.0757. The average molecular weight is 242 g/mol. The first kappa shape index (κ1) is 14.5. The minimum Gasteiger partial charge on any atom is -0.286 e. The molecule has 0 heterocycles. The lowest BCUT2D eigenvalue weighted by Gasteiger charge is -2.21. The van der Waals surface area contributed by atoms with Crippen LogP contribution in [0.1, 0.15) is 27.7 Å². The molecule has 0 atom stereocenters. The number of hydrogen-bond donors (Lipinski definition) is 1. The Morgan fingerprint density at radius 1 is 1.14 bits per heavy atom. The minimum atomic E-state index is -3.40. The molecule has 0 spiro atoms. The molecule has 0 saturated heterocycles. The van der Waals surface area contributed by atoms with Crippen LogP contribution in [0.4, 0.5) is 0 Å². The molecule has 0 bridgehead atoms. The van der Waals surface area contributed by atoms with Crippen LogP contribution in [0.25, 0.3) is 0 Å². The summed E-state index contributed by atoms with van der Waals surface area (Å²) in [5.74, 6) is 0.479. The Labute approximate surface area is 91.3 Å². The van der Waals surface area contributed by atoms with Crippen molar-refractivity contribution in [3.05, 3.63) is 0 Å². The molecular formula is C8H19O4PS. The Kier molecular flexibility index (Phi) is 7.08. The number of rotatable bonds is 7. The highest BCUT2D eigenvalue weighted by molar-refractivity contribution is 7.80. The predicted octanol–water partition coefficient (Wildman–Crippen LogP) is 2.89. The SMILES string of the molecule is CC(C)OP(=O)(OCCS)OC(C)C. The molecule has 0 amide bonds. The first-order valence-corrected chi connectivity index (χ1v) is 6.71. The zero-order chi connectivity index (χ0) is 11.2. The van der Waals surface area contributed by atoms with E-state index in [4.69, 9.17) is 13.6 Å². The molecule has 0 aliphatic carbocycles. The molecule has 86 valence electrons. The van der Waals surface area contributed by atoms with E-state index in [9.17, 15) is 4.57 Å². The van der Waals surface area contributed by atoms with E-state index in [1.807, 2.05) is 0 Å². The van der Waals surface area contributed by atoms with Gasteiger partial charge in [-0.1, -0.05) is 0 Å². The van der Waals surface area contributed by atoms with Crippen molar-refractivity contribution in [3.63, 3.8) is 0 Å². The first-order valence-electron chi connectivity index (χ1n) is 4.62. The quantitative estimate of drug-likeness (QED) is 0.550. The van der Waals surface area contributed by atoms with Gasteiger partial charge in [-0.2, -0.15) is 12.6 Å². The summed E-state index contributed by atoms with van der Waals surface area (Å²) in [6.45, 7) is 7.36. The molecule has 0 aliphatic rings. The van der Waals surface area contributed by atoms with Gasteiger partial charge in [0.25, 0.3) is 0 Å². The molecule has 0 saturated carbocycles. The van der Waals surface area contributed by atoms with Gasteiger partial charge in [0.05, 0.1) is 18.8 Å². The zero-order valence-electron chi connectivity index (χ0n) is 9.10. The molecule has 14 heavy (non-hydrogen) atoms. The summed E-state index contributed by atoms with van der Waals surface area (Å²) in [7, 11) is -3.40. The van der Waals surface area contributed by atoms with Gasteiger partial charge in [-0.3, -0.25) is 13.6 Å². The van der Waals surface area contributed by atoms with Crippen molar-refractivity contribution in [2.24, 2.45) is 0 Å². The standard InChI is InChI=1S/C8H19O4PS/c1-7(2)11-13(9,10-5-6-14)12-8(3)4/h7-8,14H,5-6H2,1-4H3. The molecule has 0 N–H and O–H groups in total. The summed E-state index contributed by atoms with van der Waals surface area (Å²) in [4.78, 5) is 0. The third-order valence-electron chi connectivity index (χ3n) is 1.02. The van der Waals surface area contributed by atoms with Crippen molar-refractivity contribution < 1.29 is 18.1 Å². The largest absolute Gasteiger partial charge is 0.475 e. The summed E-state index contributed by atoms with van der Waals surface area (Å²) in [5, 5.41) is 0. The number of phosphoric acid groups is 1. The van der Waals surface area contributed by atoms with Gasteiger partial charge >= 0.3 is 7.82 Å². The van der Waals surface area contributed by atoms with Crippen LogP contribution in [0.15, 0.2) is 0 Å². The van der Waals surface area contributed by atoms with Gasteiger partial charge < -0.3 is 0 Å². The van der Waals surface area contributed by atoms with Crippen LogP contribution in [0.3, 0.4) is 0 Å². The molecule has 0 unspecified atom stereocenters. The number of phosphoric ester groups is 1. The van der Waals surface area contributed by atoms with Crippen molar-refractivity contribution >= 4 is 20.5 Å². The van der Waals surface area contributed by atoms with E-state index in [1.165, 1.54) is 0 Å². The van der Waals surface area contributed by atoms with Crippen molar-refractivity contribution in [2.75, 3.05) is 12.4 Å². The summed E-state index contributed by atoms with van der Waals surface area (Å²) < 4.78 is 27.2. The fourth-order valence-corrected chi connectivity index (χ4v) is 2.51. The Morgan fingerprint density at radius 3 is 1.86 bits per heavy atom. The maximum absolute atomic E-state index is 11.9. The van der Waals surface area contributed by atoms with Gasteiger partial charge in [0.1, 0.15) is 0 Å². The fraction of sp³-hybridized carbons (Fsp3) is 1.00. The minimum absolute atomic E-state index is 0.195. The summed E-state index contributed by atoms with van der Waals surface area (Å²) in [6.07, 6.45) is -0.390. The second-order valence-corrected chi connectivity index (χ2v) is 5.33. The molecule has 0 aromatic rings. The van der Waals surface area contributed by atoms with E-state index in [1.54, 1.807) is 27.7 Å². The molecule has 4 nitrogen and oxygen atoms in total. The molecule has 0 radical (unpaired) electrons. The van der Waals surface area contributed by atoms with E-state index in [0.717, 1.165) is 0 Å². The third-order valence-corrected chi connectivity index (χ3v) is 3.06. The van der Waals surface area contributed by atoms with Gasteiger partial charge in [-0.15, -0.1) is 0 Å². The Bertz CT molecular complexity index is 182. The first-order chi connectivity index (χ1) is 6.39. The van der Waals surface area contributed by atoms with Crippen LogP contribution in [0, 0.1) is 0 Å². The fourth-order valence-electron chi connectivity index (χ4n) is 0.755. The van der Waals surface area contributed by atoms with E-state index >= 15 is 0 Å². The topological polar surface area (TPSA) is 44.8 Å². The van der Waals surface area contributed by atoms with Crippen LogP contribution in [0.5, 0.6) is 0 Å². The van der Waals surface area contributed by atoms with Crippen molar-refractivity contribution in [3.8, 4) is 0 Å². The maximum atomic E-state index is 11.9. The van der Waals surface area contributed by atoms with Gasteiger partial charge in [0.15, 0.2) is 0 Å². The van der Waals surface area contributed by atoms with Crippen molar-refractivity contribution in [1.29, 1.82) is 0 Å². The second-order valence-electron chi connectivity index (χ2n) is 3.31.